The Morgan fingerprint density at radius 2 is 2.28 bits per heavy atom. The molecule has 1 aliphatic heterocycles. The van der Waals surface area contributed by atoms with Crippen LogP contribution in [-0.4, -0.2) is 30.6 Å². The Kier molecular flexibility index (Phi) is 4.49. The average molecular weight is 250 g/mol. The van der Waals surface area contributed by atoms with E-state index < -0.39 is 0 Å². The number of hydrogen-bond donors (Lipinski definition) is 3. The van der Waals surface area contributed by atoms with Gasteiger partial charge >= 0.3 is 0 Å². The minimum Gasteiger partial charge on any atom is -0.381 e. The first-order chi connectivity index (χ1) is 8.79. The van der Waals surface area contributed by atoms with Crippen LogP contribution in [0.5, 0.6) is 0 Å². The summed E-state index contributed by atoms with van der Waals surface area (Å²) in [7, 11) is 0. The Balaban J connectivity index is 1.86. The van der Waals surface area contributed by atoms with Gasteiger partial charge in [0.2, 0.25) is 0 Å². The van der Waals surface area contributed by atoms with Gasteiger partial charge < -0.3 is 15.5 Å². The number of anilines is 1. The Morgan fingerprint density at radius 3 is 3.00 bits per heavy atom. The maximum Gasteiger partial charge on any atom is 0.251 e. The molecule has 6 heteroatoms. The summed E-state index contributed by atoms with van der Waals surface area (Å²) in [6.07, 6.45) is 3.57. The smallest absolute Gasteiger partial charge is 0.251 e. The summed E-state index contributed by atoms with van der Waals surface area (Å²) in [5.74, 6) is 6.15. The maximum absolute atomic E-state index is 11.9. The lowest BCUT2D eigenvalue weighted by atomic mass is 10.0. The molecule has 4 N–H and O–H groups in total. The van der Waals surface area contributed by atoms with Gasteiger partial charge in [-0.2, -0.15) is 0 Å². The van der Waals surface area contributed by atoms with Crippen LogP contribution in [0.25, 0.3) is 0 Å². The standard InChI is InChI=1S/C12H18N4O2/c13-16-11-7-10(1-4-14-11)12(17)15-8-9-2-5-18-6-3-9/h1,4,7,9H,2-3,5-6,8,13H2,(H,14,16)(H,15,17). The van der Waals surface area contributed by atoms with Gasteiger partial charge in [0.05, 0.1) is 0 Å². The van der Waals surface area contributed by atoms with Crippen molar-refractivity contribution in [1.29, 1.82) is 0 Å². The molecule has 2 rings (SSSR count). The van der Waals surface area contributed by atoms with Crippen molar-refractivity contribution in [2.45, 2.75) is 12.8 Å². The predicted molar refractivity (Wildman–Crippen MR) is 67.9 cm³/mol. The van der Waals surface area contributed by atoms with E-state index >= 15 is 0 Å². The number of carbonyl (C=O) groups excluding carboxylic acids is 1. The van der Waals surface area contributed by atoms with Gasteiger partial charge in [0.15, 0.2) is 0 Å². The maximum atomic E-state index is 11.9. The largest absolute Gasteiger partial charge is 0.381 e. The van der Waals surface area contributed by atoms with Crippen LogP contribution in [0.15, 0.2) is 18.3 Å². The van der Waals surface area contributed by atoms with E-state index in [9.17, 15) is 4.79 Å². The van der Waals surface area contributed by atoms with Gasteiger partial charge in [-0.15, -0.1) is 0 Å². The van der Waals surface area contributed by atoms with E-state index in [-0.39, 0.29) is 5.91 Å². The number of nitrogens with two attached hydrogens (primary N) is 1. The van der Waals surface area contributed by atoms with Crippen LogP contribution in [0.2, 0.25) is 0 Å². The van der Waals surface area contributed by atoms with Crippen LogP contribution in [0.1, 0.15) is 23.2 Å². The van der Waals surface area contributed by atoms with Crippen LogP contribution in [-0.2, 0) is 4.74 Å². The number of nitrogens with zero attached hydrogens (tertiary/aromatic N) is 1. The van der Waals surface area contributed by atoms with Crippen molar-refractivity contribution in [3.8, 4) is 0 Å². The zero-order valence-corrected chi connectivity index (χ0v) is 10.2. The minimum absolute atomic E-state index is 0.0969. The number of nitrogens with one attached hydrogen (secondary N) is 2. The second-order valence-electron chi connectivity index (χ2n) is 4.34. The fourth-order valence-electron chi connectivity index (χ4n) is 1.94. The Morgan fingerprint density at radius 1 is 1.50 bits per heavy atom. The van der Waals surface area contributed by atoms with Gasteiger partial charge in [-0.3, -0.25) is 4.79 Å². The van der Waals surface area contributed by atoms with E-state index in [0.717, 1.165) is 26.1 Å². The van der Waals surface area contributed by atoms with Crippen molar-refractivity contribution in [3.63, 3.8) is 0 Å². The first-order valence-electron chi connectivity index (χ1n) is 6.08. The van der Waals surface area contributed by atoms with Crippen molar-refractivity contribution in [3.05, 3.63) is 23.9 Å². The zero-order chi connectivity index (χ0) is 12.8. The molecule has 0 aromatic carbocycles. The highest BCUT2D eigenvalue weighted by atomic mass is 16.5. The molecule has 1 aromatic rings. The highest BCUT2D eigenvalue weighted by molar-refractivity contribution is 5.94. The first kappa shape index (κ1) is 12.8. The molecule has 1 amide bonds. The van der Waals surface area contributed by atoms with Gasteiger partial charge in [0.1, 0.15) is 5.82 Å². The van der Waals surface area contributed by atoms with Crippen molar-refractivity contribution in [1.82, 2.24) is 10.3 Å². The van der Waals surface area contributed by atoms with Crippen LogP contribution < -0.4 is 16.6 Å². The molecule has 0 unspecified atom stereocenters. The normalized spacial score (nSPS) is 16.3. The average Bonchev–Trinajstić information content (AvgIpc) is 2.46. The van der Waals surface area contributed by atoms with Crippen molar-refractivity contribution in [2.75, 3.05) is 25.2 Å². The quantitative estimate of drug-likeness (QED) is 0.535. The molecule has 0 saturated carbocycles. The van der Waals surface area contributed by atoms with Gasteiger partial charge in [-0.1, -0.05) is 0 Å². The second-order valence-corrected chi connectivity index (χ2v) is 4.34. The summed E-state index contributed by atoms with van der Waals surface area (Å²) >= 11 is 0. The molecule has 0 bridgehead atoms. The summed E-state index contributed by atoms with van der Waals surface area (Å²) in [5.41, 5.74) is 2.98. The fourth-order valence-corrected chi connectivity index (χ4v) is 1.94. The third-order valence-electron chi connectivity index (χ3n) is 3.06. The van der Waals surface area contributed by atoms with E-state index in [2.05, 4.69) is 15.7 Å². The molecule has 0 radical (unpaired) electrons. The minimum atomic E-state index is -0.0969. The molecule has 0 atom stereocenters. The number of aromatic nitrogens is 1. The van der Waals surface area contributed by atoms with E-state index in [1.165, 1.54) is 0 Å². The molecule has 18 heavy (non-hydrogen) atoms. The lowest BCUT2D eigenvalue weighted by Gasteiger charge is -2.22. The Bertz CT molecular complexity index is 405. The Labute approximate surface area is 106 Å². The molecule has 1 aliphatic rings. The highest BCUT2D eigenvalue weighted by Gasteiger charge is 2.15. The topological polar surface area (TPSA) is 89.3 Å². The molecule has 0 aliphatic carbocycles. The van der Waals surface area contributed by atoms with Crippen molar-refractivity contribution in [2.24, 2.45) is 11.8 Å². The number of carbonyl (C=O) groups is 1. The second kappa shape index (κ2) is 6.32. The zero-order valence-electron chi connectivity index (χ0n) is 10.2. The van der Waals surface area contributed by atoms with Crippen molar-refractivity contribution >= 4 is 11.7 Å². The molecule has 1 fully saturated rings. The lowest BCUT2D eigenvalue weighted by molar-refractivity contribution is 0.0642. The number of amides is 1. The number of hydrogen-bond acceptors (Lipinski definition) is 5. The molecule has 1 aromatic heterocycles. The van der Waals surface area contributed by atoms with Crippen LogP contribution in [0.4, 0.5) is 5.82 Å². The van der Waals surface area contributed by atoms with Crippen LogP contribution >= 0.6 is 0 Å². The number of hydrazine groups is 1. The summed E-state index contributed by atoms with van der Waals surface area (Å²) in [4.78, 5) is 15.9. The summed E-state index contributed by atoms with van der Waals surface area (Å²) in [5, 5.41) is 2.93. The molecule has 6 nitrogen and oxygen atoms in total. The van der Waals surface area contributed by atoms with E-state index in [1.807, 2.05) is 0 Å². The lowest BCUT2D eigenvalue weighted by Crippen LogP contribution is -2.32. The molecule has 98 valence electrons. The first-order valence-corrected chi connectivity index (χ1v) is 6.08. The van der Waals surface area contributed by atoms with Crippen LogP contribution in [0, 0.1) is 5.92 Å². The van der Waals surface area contributed by atoms with E-state index in [1.54, 1.807) is 18.3 Å². The SMILES string of the molecule is NNc1cc(C(=O)NCC2CCOCC2)ccn1. The third-order valence-corrected chi connectivity index (χ3v) is 3.06. The monoisotopic (exact) mass is 250 g/mol. The number of ether oxygens (including phenoxy) is 1. The fraction of sp³-hybridized carbons (Fsp3) is 0.500. The summed E-state index contributed by atoms with van der Waals surface area (Å²) in [6.45, 7) is 2.27. The molecule has 0 spiro atoms. The number of nitrogen functional groups attached to an aromatic ring is 1. The summed E-state index contributed by atoms with van der Waals surface area (Å²) in [6, 6.07) is 3.29. The molecule has 2 heterocycles. The van der Waals surface area contributed by atoms with E-state index in [4.69, 9.17) is 10.6 Å². The highest BCUT2D eigenvalue weighted by Crippen LogP contribution is 2.13. The summed E-state index contributed by atoms with van der Waals surface area (Å²) < 4.78 is 5.28. The van der Waals surface area contributed by atoms with Crippen LogP contribution in [0.3, 0.4) is 0 Å². The van der Waals surface area contributed by atoms with E-state index in [0.29, 0.717) is 23.8 Å². The molecular formula is C12H18N4O2. The third kappa shape index (κ3) is 3.41. The van der Waals surface area contributed by atoms with Gasteiger partial charge in [-0.25, -0.2) is 10.8 Å². The predicted octanol–water partition coefficient (Wildman–Crippen LogP) is 0.524. The van der Waals surface area contributed by atoms with Gasteiger partial charge in [0, 0.05) is 31.5 Å². The number of pyridine rings is 1. The van der Waals surface area contributed by atoms with Crippen molar-refractivity contribution < 1.29 is 9.53 Å². The Hall–Kier alpha value is -1.66. The van der Waals surface area contributed by atoms with Gasteiger partial charge in [0.25, 0.3) is 5.91 Å². The molecule has 1 saturated heterocycles. The molecular weight excluding hydrogens is 232 g/mol. The van der Waals surface area contributed by atoms with Gasteiger partial charge in [-0.05, 0) is 30.9 Å². The number of rotatable bonds is 4.